The van der Waals surface area contributed by atoms with Gasteiger partial charge in [0.2, 0.25) is 0 Å². The first-order valence-electron chi connectivity index (χ1n) is 6.18. The number of unbranched alkanes of at least 4 members (excludes halogenated alkanes) is 1. The molecule has 0 atom stereocenters. The molecule has 0 unspecified atom stereocenters. The molecule has 5 heteroatoms. The second-order valence-corrected chi connectivity index (χ2v) is 3.60. The molecule has 0 aromatic heterocycles. The Balaban J connectivity index is 4.24. The molecule has 0 aromatic carbocycles. The van der Waals surface area contributed by atoms with Gasteiger partial charge in [0.05, 0.1) is 26.6 Å². The molecule has 0 aromatic rings. The number of rotatable bonds is 9. The van der Waals surface area contributed by atoms with E-state index in [1.165, 1.54) is 0 Å². The molecule has 0 bridgehead atoms. The number of carbonyl (C=O) groups is 2. The summed E-state index contributed by atoms with van der Waals surface area (Å²) in [4.78, 5) is 23.2. The van der Waals surface area contributed by atoms with Crippen molar-refractivity contribution in [2.75, 3.05) is 20.3 Å². The number of esters is 2. The average molecular weight is 258 g/mol. The van der Waals surface area contributed by atoms with Crippen molar-refractivity contribution < 1.29 is 23.8 Å². The first-order chi connectivity index (χ1) is 8.67. The minimum absolute atomic E-state index is 0.262. The van der Waals surface area contributed by atoms with Crippen molar-refractivity contribution in [1.29, 1.82) is 0 Å². The van der Waals surface area contributed by atoms with Crippen LogP contribution in [0.25, 0.3) is 0 Å². The molecule has 0 fully saturated rings. The minimum atomic E-state index is -0.819. The third kappa shape index (κ3) is 6.93. The van der Waals surface area contributed by atoms with Gasteiger partial charge in [-0.15, -0.1) is 0 Å². The maximum atomic E-state index is 11.6. The van der Waals surface area contributed by atoms with Crippen LogP contribution in [0.3, 0.4) is 0 Å². The molecule has 0 rings (SSSR count). The van der Waals surface area contributed by atoms with Crippen LogP contribution in [-0.2, 0) is 23.8 Å². The second-order valence-electron chi connectivity index (χ2n) is 3.60. The van der Waals surface area contributed by atoms with E-state index in [2.05, 4.69) is 0 Å². The van der Waals surface area contributed by atoms with Gasteiger partial charge in [0, 0.05) is 0 Å². The fraction of sp³-hybridized carbons (Fsp3) is 0.692. The molecule has 5 nitrogen and oxygen atoms in total. The number of methoxy groups -OCH3 is 1. The van der Waals surface area contributed by atoms with E-state index in [0.717, 1.165) is 6.42 Å². The number of allylic oxidation sites excluding steroid dienone is 1. The molecule has 0 saturated heterocycles. The monoisotopic (exact) mass is 258 g/mol. The summed E-state index contributed by atoms with van der Waals surface area (Å²) < 4.78 is 14.5. The van der Waals surface area contributed by atoms with Crippen LogP contribution >= 0.6 is 0 Å². The summed E-state index contributed by atoms with van der Waals surface area (Å²) >= 11 is 0. The first-order valence-corrected chi connectivity index (χ1v) is 6.18. The molecule has 0 saturated carbocycles. The fourth-order valence-electron chi connectivity index (χ4n) is 1.42. The summed E-state index contributed by atoms with van der Waals surface area (Å²) in [5.74, 6) is -1.83. The number of carbonyl (C=O) groups excluding carboxylic acids is 2. The van der Waals surface area contributed by atoms with E-state index in [1.807, 2.05) is 6.08 Å². The molecule has 0 aliphatic carbocycles. The van der Waals surface area contributed by atoms with E-state index in [4.69, 9.17) is 14.2 Å². The van der Waals surface area contributed by atoms with Crippen molar-refractivity contribution in [3.8, 4) is 0 Å². The zero-order valence-corrected chi connectivity index (χ0v) is 11.3. The van der Waals surface area contributed by atoms with Gasteiger partial charge in [-0.1, -0.05) is 0 Å². The number of hydrogen-bond donors (Lipinski definition) is 0. The molecule has 0 aliphatic heterocycles. The fourth-order valence-corrected chi connectivity index (χ4v) is 1.42. The highest BCUT2D eigenvalue weighted by Gasteiger charge is 2.28. The van der Waals surface area contributed by atoms with Crippen molar-refractivity contribution in [1.82, 2.24) is 0 Å². The van der Waals surface area contributed by atoms with Crippen LogP contribution in [0, 0.1) is 5.92 Å². The molecule has 0 spiro atoms. The molecular formula is C13H22O5. The van der Waals surface area contributed by atoms with Crippen LogP contribution < -0.4 is 0 Å². The standard InChI is InChI=1S/C13H22O5/c1-4-17-12(14)11(13(15)18-5-2)9-7-6-8-10-16-3/h8,10-11H,4-7,9H2,1-3H3/b10-8+. The molecule has 18 heavy (non-hydrogen) atoms. The van der Waals surface area contributed by atoms with Crippen LogP contribution in [0.15, 0.2) is 12.3 Å². The Morgan fingerprint density at radius 2 is 1.67 bits per heavy atom. The van der Waals surface area contributed by atoms with Gasteiger partial charge in [0.25, 0.3) is 0 Å². The van der Waals surface area contributed by atoms with Crippen molar-refractivity contribution in [2.24, 2.45) is 5.92 Å². The smallest absolute Gasteiger partial charge is 0.320 e. The Kier molecular flexibility index (Phi) is 9.73. The summed E-state index contributed by atoms with van der Waals surface area (Å²) in [5, 5.41) is 0. The van der Waals surface area contributed by atoms with Gasteiger partial charge in [-0.05, 0) is 39.2 Å². The van der Waals surface area contributed by atoms with Gasteiger partial charge in [-0.3, -0.25) is 9.59 Å². The lowest BCUT2D eigenvalue weighted by Crippen LogP contribution is -2.28. The van der Waals surface area contributed by atoms with Gasteiger partial charge in [0.1, 0.15) is 0 Å². The molecule has 104 valence electrons. The zero-order valence-electron chi connectivity index (χ0n) is 11.3. The van der Waals surface area contributed by atoms with Gasteiger partial charge >= 0.3 is 11.9 Å². The summed E-state index contributed by atoms with van der Waals surface area (Å²) in [6.07, 6.45) is 5.27. The van der Waals surface area contributed by atoms with Crippen molar-refractivity contribution in [3.63, 3.8) is 0 Å². The maximum absolute atomic E-state index is 11.6. The number of hydrogen-bond acceptors (Lipinski definition) is 5. The molecule has 0 N–H and O–H groups in total. The number of ether oxygens (including phenoxy) is 3. The topological polar surface area (TPSA) is 61.8 Å². The van der Waals surface area contributed by atoms with Gasteiger partial charge in [0.15, 0.2) is 5.92 Å². The normalized spacial score (nSPS) is 10.7. The lowest BCUT2D eigenvalue weighted by molar-refractivity contribution is -0.161. The zero-order chi connectivity index (χ0) is 13.8. The minimum Gasteiger partial charge on any atom is -0.505 e. The maximum Gasteiger partial charge on any atom is 0.320 e. The lowest BCUT2D eigenvalue weighted by Gasteiger charge is -2.13. The third-order valence-corrected chi connectivity index (χ3v) is 2.24. The van der Waals surface area contributed by atoms with E-state index in [9.17, 15) is 9.59 Å². The second kappa shape index (κ2) is 10.6. The summed E-state index contributed by atoms with van der Waals surface area (Å²) in [5.41, 5.74) is 0. The molecule has 0 amide bonds. The highest BCUT2D eigenvalue weighted by atomic mass is 16.6. The third-order valence-electron chi connectivity index (χ3n) is 2.24. The molecule has 0 heterocycles. The van der Waals surface area contributed by atoms with E-state index in [-0.39, 0.29) is 13.2 Å². The van der Waals surface area contributed by atoms with E-state index >= 15 is 0 Å². The van der Waals surface area contributed by atoms with Crippen LogP contribution in [0.1, 0.15) is 33.1 Å². The summed E-state index contributed by atoms with van der Waals surface area (Å²) in [7, 11) is 1.57. The van der Waals surface area contributed by atoms with Crippen molar-refractivity contribution in [2.45, 2.75) is 33.1 Å². The van der Waals surface area contributed by atoms with Gasteiger partial charge < -0.3 is 14.2 Å². The van der Waals surface area contributed by atoms with Crippen LogP contribution in [0.4, 0.5) is 0 Å². The van der Waals surface area contributed by atoms with Gasteiger partial charge in [-0.2, -0.15) is 0 Å². The largest absolute Gasteiger partial charge is 0.505 e. The summed E-state index contributed by atoms with van der Waals surface area (Å²) in [6, 6.07) is 0. The van der Waals surface area contributed by atoms with Crippen LogP contribution in [0.5, 0.6) is 0 Å². The Labute approximate surface area is 108 Å². The molecule has 0 radical (unpaired) electrons. The Bertz CT molecular complexity index is 255. The van der Waals surface area contributed by atoms with Crippen molar-refractivity contribution in [3.05, 3.63) is 12.3 Å². The first kappa shape index (κ1) is 16.5. The molecular weight excluding hydrogens is 236 g/mol. The van der Waals surface area contributed by atoms with E-state index in [1.54, 1.807) is 27.2 Å². The predicted molar refractivity (Wildman–Crippen MR) is 66.8 cm³/mol. The predicted octanol–water partition coefficient (Wildman–Crippen LogP) is 2.06. The Morgan fingerprint density at radius 3 is 2.11 bits per heavy atom. The quantitative estimate of drug-likeness (QED) is 0.274. The van der Waals surface area contributed by atoms with Crippen molar-refractivity contribution >= 4 is 11.9 Å². The molecule has 0 aliphatic rings. The highest BCUT2D eigenvalue weighted by molar-refractivity contribution is 5.94. The Hall–Kier alpha value is -1.52. The highest BCUT2D eigenvalue weighted by Crippen LogP contribution is 2.13. The SMILES string of the molecule is CCOC(=O)C(CCC/C=C/OC)C(=O)OCC. The van der Waals surface area contributed by atoms with Crippen LogP contribution in [0.2, 0.25) is 0 Å². The average Bonchev–Trinajstić information content (AvgIpc) is 2.34. The summed E-state index contributed by atoms with van der Waals surface area (Å²) in [6.45, 7) is 3.94. The Morgan fingerprint density at radius 1 is 1.11 bits per heavy atom. The van der Waals surface area contributed by atoms with E-state index in [0.29, 0.717) is 12.8 Å². The lowest BCUT2D eigenvalue weighted by atomic mass is 10.0. The van der Waals surface area contributed by atoms with E-state index < -0.39 is 17.9 Å². The van der Waals surface area contributed by atoms with Gasteiger partial charge in [-0.25, -0.2) is 0 Å². The van der Waals surface area contributed by atoms with Crippen LogP contribution in [-0.4, -0.2) is 32.3 Å².